The highest BCUT2D eigenvalue weighted by Gasteiger charge is 2.42. The van der Waals surface area contributed by atoms with E-state index < -0.39 is 0 Å². The summed E-state index contributed by atoms with van der Waals surface area (Å²) in [5, 5.41) is 6.43. The number of hydrogen-bond donors (Lipinski definition) is 2. The van der Waals surface area contributed by atoms with Gasteiger partial charge in [0.25, 0.3) is 0 Å². The zero-order valence-electron chi connectivity index (χ0n) is 15.4. The van der Waals surface area contributed by atoms with E-state index in [1.54, 1.807) is 6.92 Å². The Bertz CT molecular complexity index is 486. The van der Waals surface area contributed by atoms with E-state index in [1.807, 2.05) is 23.7 Å². The van der Waals surface area contributed by atoms with Crippen molar-refractivity contribution < 1.29 is 14.4 Å². The molecule has 7 heteroatoms. The van der Waals surface area contributed by atoms with E-state index in [9.17, 15) is 14.4 Å². The average molecular weight is 370 g/mol. The number of nitrogens with zero attached hydrogens (tertiary/aromatic N) is 1. The molecule has 25 heavy (non-hydrogen) atoms. The maximum Gasteiger partial charge on any atom is 0.315 e. The Morgan fingerprint density at radius 2 is 1.88 bits per heavy atom. The quantitative estimate of drug-likeness (QED) is 0.433. The summed E-state index contributed by atoms with van der Waals surface area (Å²) in [6.45, 7) is 2.40. The van der Waals surface area contributed by atoms with Crippen LogP contribution in [0.3, 0.4) is 0 Å². The number of unbranched alkanes of at least 4 members (excludes halogenated alkanes) is 3. The van der Waals surface area contributed by atoms with Gasteiger partial charge in [-0.05, 0) is 32.6 Å². The SMILES string of the molecule is CC(=O)CCCCCN(C)C(=O)CCCC[C@@H]1SC[C@@H]2NC(=O)N[C@@H]21. The summed E-state index contributed by atoms with van der Waals surface area (Å²) in [5.74, 6) is 1.43. The molecule has 2 fully saturated rings. The van der Waals surface area contributed by atoms with Gasteiger partial charge in [-0.25, -0.2) is 4.79 Å². The highest BCUT2D eigenvalue weighted by Crippen LogP contribution is 2.33. The molecule has 3 amide bonds. The lowest BCUT2D eigenvalue weighted by Crippen LogP contribution is -2.36. The van der Waals surface area contributed by atoms with Gasteiger partial charge in [0.2, 0.25) is 5.91 Å². The van der Waals surface area contributed by atoms with Crippen molar-refractivity contribution in [2.45, 2.75) is 75.6 Å². The van der Waals surface area contributed by atoms with Gasteiger partial charge in [0, 0.05) is 37.4 Å². The first-order valence-corrected chi connectivity index (χ1v) is 10.4. The smallest absolute Gasteiger partial charge is 0.315 e. The Balaban J connectivity index is 1.51. The highest BCUT2D eigenvalue weighted by molar-refractivity contribution is 8.00. The Morgan fingerprint density at radius 3 is 2.64 bits per heavy atom. The zero-order valence-corrected chi connectivity index (χ0v) is 16.2. The molecule has 2 N–H and O–H groups in total. The van der Waals surface area contributed by atoms with Crippen LogP contribution in [0.2, 0.25) is 0 Å². The fourth-order valence-electron chi connectivity index (χ4n) is 3.48. The van der Waals surface area contributed by atoms with Crippen molar-refractivity contribution in [1.82, 2.24) is 15.5 Å². The van der Waals surface area contributed by atoms with E-state index in [0.29, 0.717) is 18.1 Å². The van der Waals surface area contributed by atoms with Gasteiger partial charge in [0.05, 0.1) is 12.1 Å². The summed E-state index contributed by atoms with van der Waals surface area (Å²) >= 11 is 1.92. The molecule has 0 spiro atoms. The molecule has 0 radical (unpaired) electrons. The molecule has 0 aromatic rings. The molecule has 2 aliphatic rings. The minimum atomic E-state index is -0.0413. The van der Waals surface area contributed by atoms with Crippen LogP contribution in [0.15, 0.2) is 0 Å². The van der Waals surface area contributed by atoms with Crippen LogP contribution < -0.4 is 10.6 Å². The molecule has 0 bridgehead atoms. The van der Waals surface area contributed by atoms with Crippen LogP contribution in [0.5, 0.6) is 0 Å². The summed E-state index contributed by atoms with van der Waals surface area (Å²) in [6.07, 6.45) is 7.11. The van der Waals surface area contributed by atoms with E-state index in [1.165, 1.54) is 0 Å². The first-order chi connectivity index (χ1) is 12.0. The van der Waals surface area contributed by atoms with Gasteiger partial charge < -0.3 is 20.3 Å². The van der Waals surface area contributed by atoms with Gasteiger partial charge in [-0.15, -0.1) is 0 Å². The number of carbonyl (C=O) groups is 3. The van der Waals surface area contributed by atoms with E-state index in [-0.39, 0.29) is 29.8 Å². The molecule has 0 aromatic heterocycles. The Hall–Kier alpha value is -1.24. The first kappa shape index (κ1) is 20.1. The van der Waals surface area contributed by atoms with Crippen LogP contribution in [0.1, 0.15) is 58.3 Å². The van der Waals surface area contributed by atoms with Crippen LogP contribution in [-0.2, 0) is 9.59 Å². The van der Waals surface area contributed by atoms with Crippen molar-refractivity contribution in [3.8, 4) is 0 Å². The molecule has 0 aromatic carbocycles. The number of fused-ring (bicyclic) bond motifs is 1. The maximum atomic E-state index is 12.1. The highest BCUT2D eigenvalue weighted by atomic mass is 32.2. The minimum Gasteiger partial charge on any atom is -0.346 e. The molecule has 3 atom stereocenters. The summed E-state index contributed by atoms with van der Waals surface area (Å²) in [7, 11) is 1.87. The van der Waals surface area contributed by atoms with Gasteiger partial charge in [0.15, 0.2) is 0 Å². The number of Topliss-reactive ketones (excluding diaryl/α,β-unsaturated/α-hetero) is 1. The molecule has 2 heterocycles. The number of amides is 3. The van der Waals surface area contributed by atoms with Crippen LogP contribution in [0.25, 0.3) is 0 Å². The number of thioether (sulfide) groups is 1. The van der Waals surface area contributed by atoms with E-state index in [4.69, 9.17) is 0 Å². The van der Waals surface area contributed by atoms with E-state index in [2.05, 4.69) is 10.6 Å². The van der Waals surface area contributed by atoms with Crippen molar-refractivity contribution in [3.05, 3.63) is 0 Å². The molecule has 142 valence electrons. The Kier molecular flexibility index (Phi) is 8.06. The largest absolute Gasteiger partial charge is 0.346 e. The normalized spacial score (nSPS) is 24.6. The van der Waals surface area contributed by atoms with Crippen molar-refractivity contribution in [2.24, 2.45) is 0 Å². The van der Waals surface area contributed by atoms with Crippen LogP contribution in [-0.4, -0.2) is 59.3 Å². The first-order valence-electron chi connectivity index (χ1n) is 9.39. The number of hydrogen-bond acceptors (Lipinski definition) is 4. The van der Waals surface area contributed by atoms with Crippen LogP contribution >= 0.6 is 11.8 Å². The van der Waals surface area contributed by atoms with Crippen molar-refractivity contribution in [1.29, 1.82) is 0 Å². The number of ketones is 1. The third-order valence-corrected chi connectivity index (χ3v) is 6.52. The average Bonchev–Trinajstić information content (AvgIpc) is 3.10. The zero-order chi connectivity index (χ0) is 18.2. The number of carbonyl (C=O) groups excluding carboxylic acids is 3. The van der Waals surface area contributed by atoms with Gasteiger partial charge in [-0.1, -0.05) is 12.8 Å². The van der Waals surface area contributed by atoms with Gasteiger partial charge in [-0.2, -0.15) is 11.8 Å². The lowest BCUT2D eigenvalue weighted by atomic mass is 10.0. The van der Waals surface area contributed by atoms with Gasteiger partial charge in [-0.3, -0.25) is 4.79 Å². The predicted octanol–water partition coefficient (Wildman–Crippen LogP) is 2.32. The Morgan fingerprint density at radius 1 is 1.12 bits per heavy atom. The van der Waals surface area contributed by atoms with Gasteiger partial charge >= 0.3 is 6.03 Å². The lowest BCUT2D eigenvalue weighted by molar-refractivity contribution is -0.130. The molecular formula is C18H31N3O3S. The topological polar surface area (TPSA) is 78.5 Å². The lowest BCUT2D eigenvalue weighted by Gasteiger charge is -2.18. The maximum absolute atomic E-state index is 12.1. The second-order valence-electron chi connectivity index (χ2n) is 7.20. The summed E-state index contributed by atoms with van der Waals surface area (Å²) in [5.41, 5.74) is 0. The predicted molar refractivity (Wildman–Crippen MR) is 101 cm³/mol. The summed E-state index contributed by atoms with van der Waals surface area (Å²) < 4.78 is 0. The fourth-order valence-corrected chi connectivity index (χ4v) is 5.02. The molecule has 2 rings (SSSR count). The van der Waals surface area contributed by atoms with E-state index >= 15 is 0 Å². The molecule has 0 unspecified atom stereocenters. The minimum absolute atomic E-state index is 0.0413. The molecule has 2 aliphatic heterocycles. The molecular weight excluding hydrogens is 338 g/mol. The van der Waals surface area contributed by atoms with Crippen LogP contribution in [0.4, 0.5) is 4.79 Å². The van der Waals surface area contributed by atoms with Crippen molar-refractivity contribution in [3.63, 3.8) is 0 Å². The second kappa shape index (κ2) is 10.0. The van der Waals surface area contributed by atoms with E-state index in [0.717, 1.165) is 50.8 Å². The van der Waals surface area contributed by atoms with Crippen molar-refractivity contribution >= 4 is 29.5 Å². The molecule has 0 aliphatic carbocycles. The number of nitrogens with one attached hydrogen (secondary N) is 2. The summed E-state index contributed by atoms with van der Waals surface area (Å²) in [4.78, 5) is 36.2. The van der Waals surface area contributed by atoms with Crippen LogP contribution in [0, 0.1) is 0 Å². The number of rotatable bonds is 11. The molecule has 0 saturated carbocycles. The van der Waals surface area contributed by atoms with Crippen molar-refractivity contribution in [2.75, 3.05) is 19.3 Å². The fraction of sp³-hybridized carbons (Fsp3) is 0.833. The monoisotopic (exact) mass is 369 g/mol. The number of urea groups is 1. The third kappa shape index (κ3) is 6.53. The van der Waals surface area contributed by atoms with Gasteiger partial charge in [0.1, 0.15) is 5.78 Å². The Labute approximate surface area is 154 Å². The second-order valence-corrected chi connectivity index (χ2v) is 8.47. The standard InChI is InChI=1S/C18H31N3O3S/c1-13(22)8-4-3-7-11-21(2)16(23)10-6-5-9-15-17-14(12-25-15)19-18(24)20-17/h14-15,17H,3-12H2,1-2H3,(H2,19,20,24)/t14-,15-,17-/m0/s1. The third-order valence-electron chi connectivity index (χ3n) is 5.02. The molecule has 2 saturated heterocycles. The molecule has 6 nitrogen and oxygen atoms in total. The summed E-state index contributed by atoms with van der Waals surface area (Å²) in [6, 6.07) is 0.490.